The summed E-state index contributed by atoms with van der Waals surface area (Å²) in [6.07, 6.45) is 1.49. The van der Waals surface area contributed by atoms with Crippen LogP contribution in [0.2, 0.25) is 0 Å². The Hall–Kier alpha value is -0.990. The molecule has 6 atom stereocenters. The van der Waals surface area contributed by atoms with Gasteiger partial charge in [0, 0.05) is 0 Å². The third kappa shape index (κ3) is 4.06. The third-order valence-electron chi connectivity index (χ3n) is 5.82. The first-order valence-electron chi connectivity index (χ1n) is 8.73. The minimum absolute atomic E-state index is 0.0725. The van der Waals surface area contributed by atoms with Crippen LogP contribution in [0.3, 0.4) is 0 Å². The number of hydrogen-bond donors (Lipinski definition) is 1. The van der Waals surface area contributed by atoms with Crippen LogP contribution >= 0.6 is 0 Å². The minimum atomic E-state index is -2.44. The summed E-state index contributed by atoms with van der Waals surface area (Å²) in [5, 5.41) is 0. The van der Waals surface area contributed by atoms with Crippen LogP contribution in [-0.2, 0) is 34.6 Å². The Morgan fingerprint density at radius 2 is 2.00 bits per heavy atom. The molecule has 7 nitrogen and oxygen atoms in total. The lowest BCUT2D eigenvalue weighted by Crippen LogP contribution is -2.50. The highest BCUT2D eigenvalue weighted by Gasteiger charge is 2.60. The number of hydrogen-bond acceptors (Lipinski definition) is 6. The van der Waals surface area contributed by atoms with Crippen LogP contribution in [-0.4, -0.2) is 38.5 Å². The van der Waals surface area contributed by atoms with E-state index in [1.165, 1.54) is 6.92 Å². The summed E-state index contributed by atoms with van der Waals surface area (Å²) in [5.41, 5.74) is -1.67. The van der Waals surface area contributed by atoms with E-state index >= 15 is 0 Å². The fraction of sp³-hybridized carbons (Fsp3) is 0.882. The lowest BCUT2D eigenvalue weighted by molar-refractivity contribution is -0.185. The maximum absolute atomic E-state index is 12.4. The van der Waals surface area contributed by atoms with E-state index in [1.807, 2.05) is 6.92 Å². The van der Waals surface area contributed by atoms with Gasteiger partial charge in [0.1, 0.15) is 11.7 Å². The first-order chi connectivity index (χ1) is 11.5. The lowest BCUT2D eigenvalue weighted by Gasteiger charge is -2.38. The van der Waals surface area contributed by atoms with Crippen LogP contribution in [0.15, 0.2) is 0 Å². The van der Waals surface area contributed by atoms with Crippen LogP contribution in [0.5, 0.6) is 0 Å². The molecule has 8 heteroatoms. The van der Waals surface area contributed by atoms with Crippen molar-refractivity contribution in [3.8, 4) is 0 Å². The molecule has 0 aromatic rings. The molecule has 0 spiro atoms. The molecule has 0 aromatic heterocycles. The normalized spacial score (nSPS) is 33.8. The first kappa shape index (κ1) is 20.3. The van der Waals surface area contributed by atoms with Crippen molar-refractivity contribution in [2.45, 2.75) is 78.1 Å². The Balaban J connectivity index is 2.03. The molecule has 144 valence electrons. The van der Waals surface area contributed by atoms with Crippen molar-refractivity contribution >= 4 is 23.3 Å². The molecule has 1 N–H and O–H groups in total. The molecule has 25 heavy (non-hydrogen) atoms. The second kappa shape index (κ2) is 7.32. The van der Waals surface area contributed by atoms with E-state index < -0.39 is 46.5 Å². The van der Waals surface area contributed by atoms with Crippen LogP contribution in [0.1, 0.15) is 60.3 Å². The van der Waals surface area contributed by atoms with Gasteiger partial charge in [-0.15, -0.1) is 0 Å². The van der Waals surface area contributed by atoms with Crippen LogP contribution < -0.4 is 0 Å². The van der Waals surface area contributed by atoms with Crippen LogP contribution in [0.4, 0.5) is 0 Å². The van der Waals surface area contributed by atoms with Crippen molar-refractivity contribution in [2.75, 3.05) is 0 Å². The zero-order valence-electron chi connectivity index (χ0n) is 15.4. The average molecular weight is 376 g/mol. The standard InChI is InChI=1S/C17H28O7S/c1-6-16(3,4)15(19)22-10(2)14(18)23-13-11-7-8-12(9-11)17(13,5)24-25(20)21/h10-13H,6-9H2,1-5H3,(H,20,21). The molecule has 2 aliphatic carbocycles. The van der Waals surface area contributed by atoms with Gasteiger partial charge in [0.15, 0.2) is 6.10 Å². The van der Waals surface area contributed by atoms with Crippen molar-refractivity contribution in [3.05, 3.63) is 0 Å². The Bertz CT molecular complexity index is 561. The van der Waals surface area contributed by atoms with E-state index in [4.69, 9.17) is 18.2 Å². The third-order valence-corrected chi connectivity index (χ3v) is 6.32. The van der Waals surface area contributed by atoms with Crippen molar-refractivity contribution in [3.63, 3.8) is 0 Å². The molecule has 2 saturated carbocycles. The number of ether oxygens (including phenoxy) is 2. The molecule has 2 fully saturated rings. The second-order valence-corrected chi connectivity index (χ2v) is 8.50. The highest BCUT2D eigenvalue weighted by atomic mass is 32.2. The number of rotatable bonds is 7. The van der Waals surface area contributed by atoms with Crippen LogP contribution in [0, 0.1) is 17.3 Å². The summed E-state index contributed by atoms with van der Waals surface area (Å²) in [6.45, 7) is 8.56. The van der Waals surface area contributed by atoms with Gasteiger partial charge >= 0.3 is 23.3 Å². The van der Waals surface area contributed by atoms with E-state index in [0.717, 1.165) is 19.3 Å². The molecule has 0 aliphatic heterocycles. The second-order valence-electron chi connectivity index (χ2n) is 7.90. The maximum atomic E-state index is 12.4. The summed E-state index contributed by atoms with van der Waals surface area (Å²) in [7, 11) is 0. The molecule has 0 heterocycles. The Morgan fingerprint density at radius 1 is 1.36 bits per heavy atom. The zero-order chi connectivity index (χ0) is 19.0. The molecule has 0 amide bonds. The Kier molecular flexibility index (Phi) is 5.95. The molecular weight excluding hydrogens is 348 g/mol. The average Bonchev–Trinajstić information content (AvgIpc) is 3.08. The number of fused-ring (bicyclic) bond motifs is 2. The fourth-order valence-corrected chi connectivity index (χ4v) is 4.27. The molecule has 2 aliphatic rings. The SMILES string of the molecule is CCC(C)(C)C(=O)OC(C)C(=O)OC1C2CCC(C2)C1(C)OS(=O)O. The summed E-state index contributed by atoms with van der Waals surface area (Å²) >= 11 is -2.44. The largest absolute Gasteiger partial charge is 0.456 e. The topological polar surface area (TPSA) is 99.1 Å². The zero-order valence-corrected chi connectivity index (χ0v) is 16.3. The van der Waals surface area contributed by atoms with Gasteiger partial charge in [0.25, 0.3) is 0 Å². The van der Waals surface area contributed by atoms with Gasteiger partial charge in [-0.3, -0.25) is 13.5 Å². The van der Waals surface area contributed by atoms with E-state index in [-0.39, 0.29) is 11.8 Å². The smallest absolute Gasteiger partial charge is 0.347 e. The van der Waals surface area contributed by atoms with E-state index in [1.54, 1.807) is 20.8 Å². The molecule has 6 unspecified atom stereocenters. The van der Waals surface area contributed by atoms with Gasteiger partial charge in [-0.1, -0.05) is 6.92 Å². The summed E-state index contributed by atoms with van der Waals surface area (Å²) in [6, 6.07) is 0. The minimum Gasteiger partial charge on any atom is -0.456 e. The predicted octanol–water partition coefficient (Wildman–Crippen LogP) is 2.61. The van der Waals surface area contributed by atoms with Gasteiger partial charge in [0.05, 0.1) is 5.41 Å². The molecule has 2 rings (SSSR count). The number of carbonyl (C=O) groups is 2. The van der Waals surface area contributed by atoms with Crippen molar-refractivity contribution in [1.82, 2.24) is 0 Å². The first-order valence-corrected chi connectivity index (χ1v) is 9.76. The highest BCUT2D eigenvalue weighted by molar-refractivity contribution is 7.74. The van der Waals surface area contributed by atoms with Crippen molar-refractivity contribution in [1.29, 1.82) is 0 Å². The molecule has 0 saturated heterocycles. The van der Waals surface area contributed by atoms with Gasteiger partial charge in [-0.05, 0) is 65.2 Å². The van der Waals surface area contributed by atoms with E-state index in [9.17, 15) is 13.8 Å². The predicted molar refractivity (Wildman–Crippen MR) is 90.6 cm³/mol. The Morgan fingerprint density at radius 3 is 2.56 bits per heavy atom. The van der Waals surface area contributed by atoms with Crippen molar-refractivity contribution in [2.24, 2.45) is 17.3 Å². The van der Waals surface area contributed by atoms with Crippen molar-refractivity contribution < 1.29 is 32.0 Å². The quantitative estimate of drug-likeness (QED) is 0.538. The highest BCUT2D eigenvalue weighted by Crippen LogP contribution is 2.54. The maximum Gasteiger partial charge on any atom is 0.347 e. The molecule has 0 aromatic carbocycles. The molecule has 2 bridgehead atoms. The van der Waals surface area contributed by atoms with E-state index in [0.29, 0.717) is 6.42 Å². The lowest BCUT2D eigenvalue weighted by atomic mass is 9.83. The van der Waals surface area contributed by atoms with Gasteiger partial charge in [-0.25, -0.2) is 4.79 Å². The molecular formula is C17H28O7S. The van der Waals surface area contributed by atoms with Gasteiger partial charge < -0.3 is 9.47 Å². The summed E-state index contributed by atoms with van der Waals surface area (Å²) in [5.74, 6) is -0.944. The summed E-state index contributed by atoms with van der Waals surface area (Å²) in [4.78, 5) is 24.5. The van der Waals surface area contributed by atoms with Crippen LogP contribution in [0.25, 0.3) is 0 Å². The number of carbonyl (C=O) groups excluding carboxylic acids is 2. The van der Waals surface area contributed by atoms with Gasteiger partial charge in [-0.2, -0.15) is 4.21 Å². The monoisotopic (exact) mass is 376 g/mol. The summed E-state index contributed by atoms with van der Waals surface area (Å²) < 4.78 is 36.4. The number of esters is 2. The van der Waals surface area contributed by atoms with E-state index in [2.05, 4.69) is 0 Å². The van der Waals surface area contributed by atoms with Gasteiger partial charge in [0.2, 0.25) is 0 Å². The molecule has 0 radical (unpaired) electrons. The Labute approximate surface area is 151 Å². The fourth-order valence-electron chi connectivity index (χ4n) is 3.73.